The van der Waals surface area contributed by atoms with Gasteiger partial charge < -0.3 is 15.4 Å². The van der Waals surface area contributed by atoms with E-state index in [1.807, 2.05) is 6.07 Å². The van der Waals surface area contributed by atoms with E-state index >= 15 is 0 Å². The Morgan fingerprint density at radius 1 is 1.24 bits per heavy atom. The van der Waals surface area contributed by atoms with Gasteiger partial charge in [0.1, 0.15) is 0 Å². The van der Waals surface area contributed by atoms with Crippen LogP contribution in [0.4, 0.5) is 0 Å². The third-order valence-corrected chi connectivity index (χ3v) is 3.37. The van der Waals surface area contributed by atoms with E-state index in [4.69, 9.17) is 10.5 Å². The molecule has 0 aliphatic carbocycles. The third-order valence-electron chi connectivity index (χ3n) is 3.37. The molecule has 0 amide bonds. The van der Waals surface area contributed by atoms with E-state index in [0.29, 0.717) is 0 Å². The van der Waals surface area contributed by atoms with Crippen LogP contribution in [0.2, 0.25) is 0 Å². The second kappa shape index (κ2) is 5.63. The Bertz CT molecular complexity index is 333. The van der Waals surface area contributed by atoms with E-state index in [1.54, 1.807) is 0 Å². The molecule has 17 heavy (non-hydrogen) atoms. The average molecular weight is 234 g/mol. The Morgan fingerprint density at radius 3 is 2.53 bits per heavy atom. The normalized spacial score (nSPS) is 19.5. The summed E-state index contributed by atoms with van der Waals surface area (Å²) in [6.45, 7) is 3.50. The van der Waals surface area contributed by atoms with Gasteiger partial charge in [-0.15, -0.1) is 0 Å². The van der Waals surface area contributed by atoms with Gasteiger partial charge in [0.2, 0.25) is 0 Å². The maximum Gasteiger partial charge on any atom is 0.0484 e. The van der Waals surface area contributed by atoms with Gasteiger partial charge in [-0.05, 0) is 25.5 Å². The molecule has 3 nitrogen and oxygen atoms in total. The number of benzene rings is 1. The molecule has 1 aliphatic heterocycles. The topological polar surface area (TPSA) is 38.5 Å². The monoisotopic (exact) mass is 234 g/mol. The highest BCUT2D eigenvalue weighted by Crippen LogP contribution is 2.19. The van der Waals surface area contributed by atoms with Crippen molar-refractivity contribution >= 4 is 0 Å². The van der Waals surface area contributed by atoms with Crippen molar-refractivity contribution in [2.75, 3.05) is 26.8 Å². The predicted molar refractivity (Wildman–Crippen MR) is 69.7 cm³/mol. The molecular formula is C14H22N2O. The summed E-state index contributed by atoms with van der Waals surface area (Å²) < 4.78 is 5.37. The highest BCUT2D eigenvalue weighted by atomic mass is 16.5. The number of hydrogen-bond donors (Lipinski definition) is 1. The van der Waals surface area contributed by atoms with Crippen molar-refractivity contribution in [3.8, 4) is 0 Å². The summed E-state index contributed by atoms with van der Waals surface area (Å²) in [7, 11) is 2.14. The van der Waals surface area contributed by atoms with Crippen LogP contribution in [0, 0.1) is 0 Å². The first-order valence-corrected chi connectivity index (χ1v) is 6.27. The predicted octanol–water partition coefficient (Wildman–Crippen LogP) is 1.63. The Kier molecular flexibility index (Phi) is 4.15. The molecule has 0 saturated carbocycles. The number of nitrogens with two attached hydrogens (primary N) is 1. The molecule has 1 fully saturated rings. The summed E-state index contributed by atoms with van der Waals surface area (Å²) in [6.07, 6.45) is 1.93. The molecule has 0 aromatic heterocycles. The van der Waals surface area contributed by atoms with Crippen LogP contribution >= 0.6 is 0 Å². The van der Waals surface area contributed by atoms with Gasteiger partial charge in [-0.2, -0.15) is 0 Å². The third kappa shape index (κ3) is 3.80. The molecule has 2 rings (SSSR count). The molecule has 0 unspecified atom stereocenters. The molecule has 1 saturated heterocycles. The van der Waals surface area contributed by atoms with Crippen LogP contribution in [0.5, 0.6) is 0 Å². The lowest BCUT2D eigenvalue weighted by atomic mass is 9.91. The first-order chi connectivity index (χ1) is 8.18. The molecule has 1 heterocycles. The second-order valence-electron chi connectivity index (χ2n) is 5.13. The lowest BCUT2D eigenvalue weighted by Crippen LogP contribution is -2.52. The molecule has 94 valence electrons. The Balaban J connectivity index is 1.86. The summed E-state index contributed by atoms with van der Waals surface area (Å²) >= 11 is 0. The number of rotatable bonds is 4. The zero-order valence-electron chi connectivity index (χ0n) is 10.6. The fourth-order valence-electron chi connectivity index (χ4n) is 2.42. The quantitative estimate of drug-likeness (QED) is 0.860. The Hall–Kier alpha value is -0.900. The van der Waals surface area contributed by atoms with Crippen LogP contribution in [-0.4, -0.2) is 37.2 Å². The summed E-state index contributed by atoms with van der Waals surface area (Å²) in [6, 6.07) is 10.5. The maximum absolute atomic E-state index is 6.39. The molecular weight excluding hydrogens is 212 g/mol. The number of ether oxygens (including phenoxy) is 1. The number of hydrogen-bond acceptors (Lipinski definition) is 3. The van der Waals surface area contributed by atoms with Crippen molar-refractivity contribution in [1.29, 1.82) is 0 Å². The van der Waals surface area contributed by atoms with E-state index in [-0.39, 0.29) is 5.54 Å². The van der Waals surface area contributed by atoms with Crippen LogP contribution in [0.15, 0.2) is 30.3 Å². The molecule has 0 bridgehead atoms. The second-order valence-corrected chi connectivity index (χ2v) is 5.13. The molecule has 2 N–H and O–H groups in total. The van der Waals surface area contributed by atoms with E-state index in [9.17, 15) is 0 Å². The molecule has 1 aliphatic rings. The van der Waals surface area contributed by atoms with Gasteiger partial charge in [0.05, 0.1) is 0 Å². The zero-order chi connectivity index (χ0) is 12.1. The minimum atomic E-state index is -0.0677. The fourth-order valence-corrected chi connectivity index (χ4v) is 2.42. The molecule has 0 spiro atoms. The summed E-state index contributed by atoms with van der Waals surface area (Å²) in [5.74, 6) is 0. The summed E-state index contributed by atoms with van der Waals surface area (Å²) in [5, 5.41) is 0. The van der Waals surface area contributed by atoms with Crippen molar-refractivity contribution < 1.29 is 4.74 Å². The lowest BCUT2D eigenvalue weighted by Gasteiger charge is -2.36. The van der Waals surface area contributed by atoms with Crippen molar-refractivity contribution in [1.82, 2.24) is 4.90 Å². The lowest BCUT2D eigenvalue weighted by molar-refractivity contribution is 0.0402. The summed E-state index contributed by atoms with van der Waals surface area (Å²) in [4.78, 5) is 2.31. The molecule has 3 heteroatoms. The minimum Gasteiger partial charge on any atom is -0.381 e. The first-order valence-electron chi connectivity index (χ1n) is 6.27. The highest BCUT2D eigenvalue weighted by Gasteiger charge is 2.29. The summed E-state index contributed by atoms with van der Waals surface area (Å²) in [5.41, 5.74) is 7.66. The van der Waals surface area contributed by atoms with Gasteiger partial charge in [-0.25, -0.2) is 0 Å². The highest BCUT2D eigenvalue weighted by molar-refractivity contribution is 5.14. The van der Waals surface area contributed by atoms with Crippen molar-refractivity contribution in [2.45, 2.75) is 24.9 Å². The largest absolute Gasteiger partial charge is 0.381 e. The van der Waals surface area contributed by atoms with E-state index in [2.05, 4.69) is 36.2 Å². The fraction of sp³-hybridized carbons (Fsp3) is 0.571. The number of likely N-dealkylation sites (N-methyl/N-ethyl adjacent to an activating group) is 1. The standard InChI is InChI=1S/C14H22N2O/c1-16(11-13-5-3-2-4-6-13)12-14(15)7-9-17-10-8-14/h2-6H,7-12,15H2,1H3. The molecule has 0 radical (unpaired) electrons. The SMILES string of the molecule is CN(Cc1ccccc1)CC1(N)CCOCC1. The van der Waals surface area contributed by atoms with Crippen LogP contribution in [-0.2, 0) is 11.3 Å². The number of nitrogens with zero attached hydrogens (tertiary/aromatic N) is 1. The van der Waals surface area contributed by atoms with E-state index < -0.39 is 0 Å². The van der Waals surface area contributed by atoms with E-state index in [1.165, 1.54) is 5.56 Å². The minimum absolute atomic E-state index is 0.0677. The maximum atomic E-state index is 6.39. The van der Waals surface area contributed by atoms with Gasteiger partial charge in [0, 0.05) is 31.8 Å². The zero-order valence-corrected chi connectivity index (χ0v) is 10.6. The smallest absolute Gasteiger partial charge is 0.0484 e. The molecule has 0 atom stereocenters. The Morgan fingerprint density at radius 2 is 1.88 bits per heavy atom. The van der Waals surface area contributed by atoms with Crippen molar-refractivity contribution in [3.63, 3.8) is 0 Å². The van der Waals surface area contributed by atoms with Crippen LogP contribution in [0.1, 0.15) is 18.4 Å². The van der Waals surface area contributed by atoms with Gasteiger partial charge in [-0.3, -0.25) is 0 Å². The van der Waals surface area contributed by atoms with Crippen LogP contribution in [0.25, 0.3) is 0 Å². The Labute approximate surface area is 104 Å². The van der Waals surface area contributed by atoms with Gasteiger partial charge >= 0.3 is 0 Å². The van der Waals surface area contributed by atoms with Gasteiger partial charge in [-0.1, -0.05) is 30.3 Å². The first kappa shape index (κ1) is 12.6. The average Bonchev–Trinajstić information content (AvgIpc) is 2.30. The van der Waals surface area contributed by atoms with E-state index in [0.717, 1.165) is 39.1 Å². The van der Waals surface area contributed by atoms with Gasteiger partial charge in [0.25, 0.3) is 0 Å². The van der Waals surface area contributed by atoms with Gasteiger partial charge in [0.15, 0.2) is 0 Å². The van der Waals surface area contributed by atoms with Crippen LogP contribution in [0.3, 0.4) is 0 Å². The van der Waals surface area contributed by atoms with Crippen LogP contribution < -0.4 is 5.73 Å². The molecule has 1 aromatic carbocycles. The molecule has 1 aromatic rings. The van der Waals surface area contributed by atoms with Crippen molar-refractivity contribution in [2.24, 2.45) is 5.73 Å². The van der Waals surface area contributed by atoms with Crippen molar-refractivity contribution in [3.05, 3.63) is 35.9 Å².